The first-order valence-electron chi connectivity index (χ1n) is 5.61. The average molecular weight is 256 g/mol. The van der Waals surface area contributed by atoms with E-state index in [2.05, 4.69) is 11.6 Å². The highest BCUT2D eigenvalue weighted by Crippen LogP contribution is 2.14. The zero-order chi connectivity index (χ0) is 13.8. The first-order chi connectivity index (χ1) is 9.11. The summed E-state index contributed by atoms with van der Waals surface area (Å²) in [6.45, 7) is 5.37. The second-order valence-corrected chi connectivity index (χ2v) is 3.91. The first-order valence-corrected chi connectivity index (χ1v) is 5.61. The molecule has 0 fully saturated rings. The van der Waals surface area contributed by atoms with Crippen molar-refractivity contribution in [1.82, 2.24) is 4.98 Å². The monoisotopic (exact) mass is 256 g/mol. The van der Waals surface area contributed by atoms with Gasteiger partial charge in [0.2, 0.25) is 0 Å². The van der Waals surface area contributed by atoms with Gasteiger partial charge in [0.1, 0.15) is 0 Å². The fourth-order valence-electron chi connectivity index (χ4n) is 1.58. The molecule has 0 aliphatic rings. The molecule has 0 spiro atoms. The molecule has 19 heavy (non-hydrogen) atoms. The minimum atomic E-state index is -0.564. The van der Waals surface area contributed by atoms with Crippen LogP contribution in [0, 0.1) is 12.1 Å². The smallest absolute Gasteiger partial charge is 0.345 e. The van der Waals surface area contributed by atoms with Gasteiger partial charge in [-0.15, -0.1) is 0 Å². The minimum Gasteiger partial charge on any atom is -0.618 e. The van der Waals surface area contributed by atoms with E-state index in [-0.39, 0.29) is 11.6 Å². The summed E-state index contributed by atoms with van der Waals surface area (Å²) in [5, 5.41) is 11.5. The molecule has 1 aromatic carbocycles. The van der Waals surface area contributed by atoms with Gasteiger partial charge >= 0.3 is 5.97 Å². The SMILES string of the molecule is C=Cc1c(OC(=O)c2cccc(C)c2)ncc[n+]1[O-]. The number of nitrogens with zero attached hydrogens (tertiary/aromatic N) is 2. The summed E-state index contributed by atoms with van der Waals surface area (Å²) in [4.78, 5) is 15.8. The highest BCUT2D eigenvalue weighted by molar-refractivity contribution is 5.91. The molecule has 1 aromatic heterocycles. The van der Waals surface area contributed by atoms with Crippen LogP contribution >= 0.6 is 0 Å². The number of benzene rings is 1. The van der Waals surface area contributed by atoms with E-state index in [1.54, 1.807) is 18.2 Å². The third kappa shape index (κ3) is 2.77. The Morgan fingerprint density at radius 2 is 2.32 bits per heavy atom. The Morgan fingerprint density at radius 3 is 3.00 bits per heavy atom. The number of hydrogen-bond acceptors (Lipinski definition) is 4. The van der Waals surface area contributed by atoms with Gasteiger partial charge in [0.25, 0.3) is 11.6 Å². The highest BCUT2D eigenvalue weighted by atomic mass is 16.5. The lowest BCUT2D eigenvalue weighted by Gasteiger charge is -2.06. The standard InChI is InChI=1S/C14H12N2O3/c1-3-12-13(15-7-8-16(12)18)19-14(17)11-6-4-5-10(2)9-11/h3-9H,1H2,2H3. The Kier molecular flexibility index (Phi) is 3.56. The van der Waals surface area contributed by atoms with E-state index in [4.69, 9.17) is 4.74 Å². The molecule has 5 nitrogen and oxygen atoms in total. The number of carbonyl (C=O) groups excluding carboxylic acids is 1. The van der Waals surface area contributed by atoms with Gasteiger partial charge in [-0.3, -0.25) is 0 Å². The van der Waals surface area contributed by atoms with Crippen molar-refractivity contribution in [3.63, 3.8) is 0 Å². The van der Waals surface area contributed by atoms with Crippen LogP contribution < -0.4 is 9.47 Å². The van der Waals surface area contributed by atoms with E-state index in [0.717, 1.165) is 5.56 Å². The van der Waals surface area contributed by atoms with Crippen molar-refractivity contribution in [3.05, 3.63) is 65.3 Å². The Morgan fingerprint density at radius 1 is 1.53 bits per heavy atom. The molecule has 2 aromatic rings. The predicted octanol–water partition coefficient (Wildman–Crippen LogP) is 1.89. The normalized spacial score (nSPS) is 9.95. The number of ether oxygens (including phenoxy) is 1. The molecule has 5 heteroatoms. The average Bonchev–Trinajstić information content (AvgIpc) is 2.39. The van der Waals surface area contributed by atoms with Gasteiger partial charge in [0.05, 0.1) is 11.8 Å². The molecule has 1 heterocycles. The number of hydrogen-bond donors (Lipinski definition) is 0. The molecular formula is C14H12N2O3. The summed E-state index contributed by atoms with van der Waals surface area (Å²) < 4.78 is 5.66. The van der Waals surface area contributed by atoms with Crippen molar-refractivity contribution < 1.29 is 14.3 Å². The topological polar surface area (TPSA) is 66.1 Å². The number of rotatable bonds is 3. The molecule has 2 rings (SSSR count). The van der Waals surface area contributed by atoms with Gasteiger partial charge in [-0.25, -0.2) is 9.78 Å². The quantitative estimate of drug-likeness (QED) is 0.478. The summed E-state index contributed by atoms with van der Waals surface area (Å²) >= 11 is 0. The minimum absolute atomic E-state index is 0.0565. The van der Waals surface area contributed by atoms with Crippen molar-refractivity contribution in [2.45, 2.75) is 6.92 Å². The van der Waals surface area contributed by atoms with Gasteiger partial charge in [0.15, 0.2) is 6.20 Å². The second-order valence-electron chi connectivity index (χ2n) is 3.91. The molecule has 0 N–H and O–H groups in total. The number of esters is 1. The maximum Gasteiger partial charge on any atom is 0.345 e. The predicted molar refractivity (Wildman–Crippen MR) is 69.4 cm³/mol. The van der Waals surface area contributed by atoms with Crippen LogP contribution in [0.1, 0.15) is 21.6 Å². The van der Waals surface area contributed by atoms with Crippen LogP contribution in [0.4, 0.5) is 0 Å². The van der Waals surface area contributed by atoms with Crippen LogP contribution in [0.25, 0.3) is 6.08 Å². The highest BCUT2D eigenvalue weighted by Gasteiger charge is 2.17. The van der Waals surface area contributed by atoms with Crippen LogP contribution in [-0.4, -0.2) is 11.0 Å². The molecule has 0 saturated heterocycles. The number of aryl methyl sites for hydroxylation is 1. The summed E-state index contributed by atoms with van der Waals surface area (Å²) in [6, 6.07) is 6.96. The molecule has 96 valence electrons. The lowest BCUT2D eigenvalue weighted by Crippen LogP contribution is -2.30. The van der Waals surface area contributed by atoms with Crippen molar-refractivity contribution >= 4 is 12.0 Å². The maximum atomic E-state index is 11.9. The summed E-state index contributed by atoms with van der Waals surface area (Å²) in [7, 11) is 0. The number of carbonyl (C=O) groups is 1. The van der Waals surface area contributed by atoms with Crippen LogP contribution in [0.2, 0.25) is 0 Å². The Balaban J connectivity index is 2.29. The summed E-state index contributed by atoms with van der Waals surface area (Å²) in [5.41, 5.74) is 1.44. The molecular weight excluding hydrogens is 244 g/mol. The van der Waals surface area contributed by atoms with E-state index >= 15 is 0 Å². The van der Waals surface area contributed by atoms with Crippen LogP contribution in [0.15, 0.2) is 43.2 Å². The van der Waals surface area contributed by atoms with Gasteiger partial charge in [0, 0.05) is 6.08 Å². The van der Waals surface area contributed by atoms with E-state index in [9.17, 15) is 10.0 Å². The van der Waals surface area contributed by atoms with E-state index < -0.39 is 5.97 Å². The molecule has 0 atom stereocenters. The lowest BCUT2D eigenvalue weighted by atomic mass is 10.1. The summed E-state index contributed by atoms with van der Waals surface area (Å²) in [6.07, 6.45) is 3.76. The third-order valence-electron chi connectivity index (χ3n) is 2.49. The van der Waals surface area contributed by atoms with E-state index in [1.807, 2.05) is 13.0 Å². The molecule has 0 bridgehead atoms. The van der Waals surface area contributed by atoms with Crippen molar-refractivity contribution in [2.24, 2.45) is 0 Å². The second kappa shape index (κ2) is 5.30. The Bertz CT molecular complexity index is 638. The van der Waals surface area contributed by atoms with Crippen LogP contribution in [0.3, 0.4) is 0 Å². The van der Waals surface area contributed by atoms with Crippen LogP contribution in [0.5, 0.6) is 5.88 Å². The lowest BCUT2D eigenvalue weighted by molar-refractivity contribution is -0.608. The van der Waals surface area contributed by atoms with Gasteiger partial charge in [-0.05, 0) is 19.1 Å². The maximum absolute atomic E-state index is 11.9. The largest absolute Gasteiger partial charge is 0.618 e. The van der Waals surface area contributed by atoms with Crippen LogP contribution in [-0.2, 0) is 0 Å². The zero-order valence-corrected chi connectivity index (χ0v) is 10.4. The molecule has 0 amide bonds. The Hall–Kier alpha value is -2.69. The van der Waals surface area contributed by atoms with Crippen molar-refractivity contribution in [1.29, 1.82) is 0 Å². The fourth-order valence-corrected chi connectivity index (χ4v) is 1.58. The van der Waals surface area contributed by atoms with Gasteiger partial charge in [-0.2, -0.15) is 4.73 Å². The molecule has 0 unspecified atom stereocenters. The Labute approximate surface area is 110 Å². The molecule has 0 saturated carbocycles. The zero-order valence-electron chi connectivity index (χ0n) is 10.4. The van der Waals surface area contributed by atoms with Crippen molar-refractivity contribution in [2.75, 3.05) is 0 Å². The summed E-state index contributed by atoms with van der Waals surface area (Å²) in [5.74, 6) is -0.621. The molecule has 0 aliphatic heterocycles. The third-order valence-corrected chi connectivity index (χ3v) is 2.49. The number of aromatic nitrogens is 2. The fraction of sp³-hybridized carbons (Fsp3) is 0.0714. The van der Waals surface area contributed by atoms with Gasteiger partial charge < -0.3 is 9.94 Å². The first kappa shape index (κ1) is 12.8. The molecule has 0 radical (unpaired) electrons. The van der Waals surface area contributed by atoms with Crippen molar-refractivity contribution in [3.8, 4) is 5.88 Å². The van der Waals surface area contributed by atoms with Gasteiger partial charge in [-0.1, -0.05) is 24.3 Å². The van der Waals surface area contributed by atoms with E-state index in [1.165, 1.54) is 18.5 Å². The van der Waals surface area contributed by atoms with E-state index in [0.29, 0.717) is 10.3 Å². The molecule has 0 aliphatic carbocycles.